The zero-order chi connectivity index (χ0) is 16.7. The summed E-state index contributed by atoms with van der Waals surface area (Å²) in [6.07, 6.45) is 4.58. The quantitative estimate of drug-likeness (QED) is 0.799. The molecule has 23 heavy (non-hydrogen) atoms. The summed E-state index contributed by atoms with van der Waals surface area (Å²) in [6, 6.07) is 7.53. The third-order valence-electron chi connectivity index (χ3n) is 3.99. The minimum Gasteiger partial charge on any atom is -0.493 e. The Hall–Kier alpha value is -2.26. The van der Waals surface area contributed by atoms with Crippen molar-refractivity contribution in [1.29, 1.82) is 5.26 Å². The number of carbonyl (C=O) groups excluding carboxylic acids is 1. The number of ether oxygens (including phenoxy) is 2. The van der Waals surface area contributed by atoms with E-state index in [0.717, 1.165) is 18.4 Å². The molecule has 1 unspecified atom stereocenters. The van der Waals surface area contributed by atoms with Crippen molar-refractivity contribution in [3.8, 4) is 17.6 Å². The number of hydrogen-bond acceptors (Lipinski definition) is 5. The van der Waals surface area contributed by atoms with Gasteiger partial charge >= 0.3 is 0 Å². The third-order valence-corrected chi connectivity index (χ3v) is 3.99. The van der Waals surface area contributed by atoms with Gasteiger partial charge in [0.1, 0.15) is 6.61 Å². The van der Waals surface area contributed by atoms with E-state index in [2.05, 4.69) is 11.4 Å². The van der Waals surface area contributed by atoms with Crippen LogP contribution < -0.4 is 14.8 Å². The molecule has 0 bridgehead atoms. The number of nitriles is 1. The summed E-state index contributed by atoms with van der Waals surface area (Å²) in [6.45, 7) is -0.443. The molecule has 1 amide bonds. The van der Waals surface area contributed by atoms with Gasteiger partial charge in [0.2, 0.25) is 5.91 Å². The van der Waals surface area contributed by atoms with Crippen molar-refractivity contribution >= 4 is 5.91 Å². The summed E-state index contributed by atoms with van der Waals surface area (Å²) in [5.41, 5.74) is 0.750. The van der Waals surface area contributed by atoms with E-state index in [4.69, 9.17) is 14.6 Å². The fourth-order valence-electron chi connectivity index (χ4n) is 2.70. The van der Waals surface area contributed by atoms with E-state index in [1.165, 1.54) is 12.8 Å². The predicted molar refractivity (Wildman–Crippen MR) is 84.3 cm³/mol. The molecular weight excluding hydrogens is 296 g/mol. The first-order chi connectivity index (χ1) is 11.2. The summed E-state index contributed by atoms with van der Waals surface area (Å²) < 4.78 is 11.3. The first-order valence-corrected chi connectivity index (χ1v) is 7.79. The van der Waals surface area contributed by atoms with Crippen molar-refractivity contribution in [2.24, 2.45) is 0 Å². The highest BCUT2D eigenvalue weighted by Crippen LogP contribution is 2.34. The minimum absolute atomic E-state index is 0.144. The van der Waals surface area contributed by atoms with Crippen LogP contribution in [0, 0.1) is 11.3 Å². The van der Waals surface area contributed by atoms with Crippen LogP contribution in [0.5, 0.6) is 11.5 Å². The Morgan fingerprint density at radius 3 is 2.78 bits per heavy atom. The lowest BCUT2D eigenvalue weighted by Gasteiger charge is -2.18. The van der Waals surface area contributed by atoms with E-state index in [1.807, 2.05) is 0 Å². The molecule has 1 saturated carbocycles. The molecule has 1 aromatic rings. The number of methoxy groups -OCH3 is 1. The van der Waals surface area contributed by atoms with Crippen molar-refractivity contribution in [2.75, 3.05) is 20.3 Å². The summed E-state index contributed by atoms with van der Waals surface area (Å²) in [5.74, 6) is 0.255. The van der Waals surface area contributed by atoms with E-state index in [-0.39, 0.29) is 12.6 Å². The highest BCUT2D eigenvalue weighted by atomic mass is 16.5. The number of nitrogens with one attached hydrogen (secondary N) is 1. The molecule has 0 aromatic heterocycles. The molecule has 124 valence electrons. The second-order valence-electron chi connectivity index (χ2n) is 5.58. The van der Waals surface area contributed by atoms with Crippen LogP contribution in [0.15, 0.2) is 18.2 Å². The molecule has 0 aliphatic heterocycles. The van der Waals surface area contributed by atoms with Crippen LogP contribution in [-0.2, 0) is 4.79 Å². The van der Waals surface area contributed by atoms with Gasteiger partial charge < -0.3 is 19.9 Å². The highest BCUT2D eigenvalue weighted by Gasteiger charge is 2.20. The average molecular weight is 318 g/mol. The van der Waals surface area contributed by atoms with Crippen molar-refractivity contribution < 1.29 is 19.4 Å². The van der Waals surface area contributed by atoms with Gasteiger partial charge in [-0.25, -0.2) is 0 Å². The van der Waals surface area contributed by atoms with Crippen molar-refractivity contribution in [3.05, 3.63) is 23.8 Å². The van der Waals surface area contributed by atoms with Crippen molar-refractivity contribution in [1.82, 2.24) is 5.32 Å². The first-order valence-electron chi connectivity index (χ1n) is 7.79. The predicted octanol–water partition coefficient (Wildman–Crippen LogP) is 1.73. The number of amides is 1. The fraction of sp³-hybridized carbons (Fsp3) is 0.529. The van der Waals surface area contributed by atoms with Crippen LogP contribution in [0.4, 0.5) is 0 Å². The van der Waals surface area contributed by atoms with Crippen molar-refractivity contribution in [2.45, 2.75) is 37.7 Å². The molecule has 2 rings (SSSR count). The molecule has 2 N–H and O–H groups in total. The summed E-state index contributed by atoms with van der Waals surface area (Å²) in [4.78, 5) is 11.1. The van der Waals surface area contributed by atoms with E-state index >= 15 is 0 Å². The van der Waals surface area contributed by atoms with Crippen LogP contribution in [-0.4, -0.2) is 37.4 Å². The number of aliphatic hydroxyl groups is 1. The lowest BCUT2D eigenvalue weighted by molar-refractivity contribution is -0.123. The second-order valence-corrected chi connectivity index (χ2v) is 5.58. The molecular formula is C17H22N2O4. The Morgan fingerprint density at radius 2 is 2.17 bits per heavy atom. The average Bonchev–Trinajstić information content (AvgIpc) is 3.08. The van der Waals surface area contributed by atoms with E-state index in [1.54, 1.807) is 25.3 Å². The first kappa shape index (κ1) is 17.1. The summed E-state index contributed by atoms with van der Waals surface area (Å²) in [7, 11) is 1.58. The lowest BCUT2D eigenvalue weighted by Crippen LogP contribution is -2.30. The van der Waals surface area contributed by atoms with Crippen LogP contribution >= 0.6 is 0 Å². The smallest absolute Gasteiger partial charge is 0.245 e. The largest absolute Gasteiger partial charge is 0.493 e. The molecule has 0 heterocycles. The van der Waals surface area contributed by atoms with Gasteiger partial charge in [0, 0.05) is 6.54 Å². The van der Waals surface area contributed by atoms with Gasteiger partial charge in [-0.15, -0.1) is 0 Å². The number of benzene rings is 1. The molecule has 0 saturated heterocycles. The number of hydrogen-bond donors (Lipinski definition) is 2. The minimum atomic E-state index is -0.587. The van der Waals surface area contributed by atoms with Gasteiger partial charge in [-0.1, -0.05) is 6.07 Å². The molecule has 1 aliphatic rings. The van der Waals surface area contributed by atoms with Gasteiger partial charge in [0.05, 0.1) is 25.2 Å². The molecule has 0 spiro atoms. The molecule has 1 atom stereocenters. The standard InChI is InChI=1S/C17H22N2O4/c1-22-15-7-6-12(13(9-18)10-19-17(21)11-20)8-16(15)23-14-4-2-3-5-14/h6-8,13-14,20H,2-5,10-11H2,1H3,(H,19,21). The Kier molecular flexibility index (Phi) is 6.24. The van der Waals surface area contributed by atoms with Gasteiger partial charge in [0.15, 0.2) is 11.5 Å². The molecule has 0 radical (unpaired) electrons. The monoisotopic (exact) mass is 318 g/mol. The van der Waals surface area contributed by atoms with E-state index < -0.39 is 18.4 Å². The lowest BCUT2D eigenvalue weighted by atomic mass is 10.00. The Balaban J connectivity index is 2.14. The zero-order valence-corrected chi connectivity index (χ0v) is 13.2. The third kappa shape index (κ3) is 4.60. The number of carbonyl (C=O) groups is 1. The maximum Gasteiger partial charge on any atom is 0.245 e. The molecule has 1 aliphatic carbocycles. The van der Waals surface area contributed by atoms with Crippen LogP contribution in [0.3, 0.4) is 0 Å². The molecule has 1 aromatic carbocycles. The number of aliphatic hydroxyl groups excluding tert-OH is 1. The van der Waals surface area contributed by atoms with Gasteiger partial charge in [-0.3, -0.25) is 4.79 Å². The Labute approximate surface area is 136 Å². The van der Waals surface area contributed by atoms with Crippen LogP contribution in [0.25, 0.3) is 0 Å². The van der Waals surface area contributed by atoms with E-state index in [9.17, 15) is 10.1 Å². The fourth-order valence-corrected chi connectivity index (χ4v) is 2.70. The van der Waals surface area contributed by atoms with Crippen molar-refractivity contribution in [3.63, 3.8) is 0 Å². The normalized spacial score (nSPS) is 15.7. The molecule has 1 fully saturated rings. The van der Waals surface area contributed by atoms with Crippen LogP contribution in [0.2, 0.25) is 0 Å². The number of nitrogens with zero attached hydrogens (tertiary/aromatic N) is 1. The molecule has 6 nitrogen and oxygen atoms in total. The maximum atomic E-state index is 11.1. The Morgan fingerprint density at radius 1 is 1.43 bits per heavy atom. The maximum absolute atomic E-state index is 11.1. The molecule has 6 heteroatoms. The number of rotatable bonds is 7. The van der Waals surface area contributed by atoms with Gasteiger partial charge in [-0.2, -0.15) is 5.26 Å². The summed E-state index contributed by atoms with van der Waals surface area (Å²) in [5, 5.41) is 20.6. The second kappa shape index (κ2) is 8.39. The summed E-state index contributed by atoms with van der Waals surface area (Å²) >= 11 is 0. The van der Waals surface area contributed by atoms with Crippen LogP contribution in [0.1, 0.15) is 37.2 Å². The highest BCUT2D eigenvalue weighted by molar-refractivity contribution is 5.76. The SMILES string of the molecule is COc1ccc(C(C#N)CNC(=O)CO)cc1OC1CCCC1. The Bertz CT molecular complexity index is 576. The topological polar surface area (TPSA) is 91.6 Å². The van der Waals surface area contributed by atoms with Gasteiger partial charge in [-0.05, 0) is 43.4 Å². The van der Waals surface area contributed by atoms with E-state index in [0.29, 0.717) is 11.5 Å². The van der Waals surface area contributed by atoms with Gasteiger partial charge in [0.25, 0.3) is 0 Å². The zero-order valence-electron chi connectivity index (χ0n) is 13.2.